The maximum atomic E-state index is 12.7. The lowest BCUT2D eigenvalue weighted by Crippen LogP contribution is -2.29. The Kier molecular flexibility index (Phi) is 3.59. The fraction of sp³-hybridized carbons (Fsp3) is 0.312. The lowest BCUT2D eigenvalue weighted by atomic mass is 9.96. The van der Waals surface area contributed by atoms with Crippen LogP contribution in [0.3, 0.4) is 0 Å². The van der Waals surface area contributed by atoms with Gasteiger partial charge < -0.3 is 5.73 Å². The van der Waals surface area contributed by atoms with Gasteiger partial charge in [-0.2, -0.15) is 0 Å². The minimum atomic E-state index is 0.0607. The molecule has 0 fully saturated rings. The van der Waals surface area contributed by atoms with Gasteiger partial charge in [-0.3, -0.25) is 9.69 Å². The summed E-state index contributed by atoms with van der Waals surface area (Å²) in [5.74, 6) is 0.0607. The molecule has 0 atom stereocenters. The van der Waals surface area contributed by atoms with E-state index in [-0.39, 0.29) is 5.78 Å². The van der Waals surface area contributed by atoms with Crippen molar-refractivity contribution in [3.05, 3.63) is 51.9 Å². The summed E-state index contributed by atoms with van der Waals surface area (Å²) in [6, 6.07) is 9.41. The number of likely N-dealkylation sites (N-methyl/N-ethyl adjacent to an activating group) is 1. The Morgan fingerprint density at radius 1 is 1.35 bits per heavy atom. The van der Waals surface area contributed by atoms with Gasteiger partial charge >= 0.3 is 0 Å². The van der Waals surface area contributed by atoms with Crippen molar-refractivity contribution in [2.45, 2.75) is 19.9 Å². The van der Waals surface area contributed by atoms with Crippen LogP contribution in [-0.4, -0.2) is 23.8 Å². The Hall–Kier alpha value is -1.65. The molecule has 2 aromatic rings. The van der Waals surface area contributed by atoms with Gasteiger partial charge in [0.25, 0.3) is 0 Å². The molecule has 104 valence electrons. The van der Waals surface area contributed by atoms with E-state index < -0.39 is 0 Å². The van der Waals surface area contributed by atoms with E-state index in [9.17, 15) is 4.79 Å². The highest BCUT2D eigenvalue weighted by Crippen LogP contribution is 2.36. The average Bonchev–Trinajstić information content (AvgIpc) is 2.82. The molecule has 3 rings (SSSR count). The number of hydrogen-bond donors (Lipinski definition) is 1. The van der Waals surface area contributed by atoms with Crippen LogP contribution in [-0.2, 0) is 13.0 Å². The molecule has 2 N–H and O–H groups in total. The minimum absolute atomic E-state index is 0.0607. The van der Waals surface area contributed by atoms with Gasteiger partial charge in [-0.1, -0.05) is 37.3 Å². The number of thiophene rings is 1. The third-order valence-electron chi connectivity index (χ3n) is 3.87. The molecule has 1 aromatic carbocycles. The molecule has 0 radical (unpaired) electrons. The van der Waals surface area contributed by atoms with Crippen molar-refractivity contribution in [3.8, 4) is 0 Å². The van der Waals surface area contributed by atoms with E-state index in [1.54, 1.807) is 11.3 Å². The molecule has 20 heavy (non-hydrogen) atoms. The van der Waals surface area contributed by atoms with Crippen molar-refractivity contribution in [2.24, 2.45) is 0 Å². The van der Waals surface area contributed by atoms with Crippen LogP contribution >= 0.6 is 11.3 Å². The second-order valence-corrected chi connectivity index (χ2v) is 6.19. The Labute approximate surface area is 123 Å². The maximum Gasteiger partial charge on any atom is 0.196 e. The van der Waals surface area contributed by atoms with Crippen molar-refractivity contribution in [1.82, 2.24) is 4.90 Å². The standard InChI is InChI=1S/C16H18N2OS/c1-2-18-9-8-12-13(10-18)20-16(17)14(12)15(19)11-6-4-3-5-7-11/h3-7H,2,8-10,17H2,1H3. The molecule has 1 aliphatic rings. The maximum absolute atomic E-state index is 12.7. The molecule has 0 bridgehead atoms. The van der Waals surface area contributed by atoms with Crippen LogP contribution in [0, 0.1) is 0 Å². The van der Waals surface area contributed by atoms with Gasteiger partial charge in [0.05, 0.1) is 10.6 Å². The summed E-state index contributed by atoms with van der Waals surface area (Å²) in [7, 11) is 0. The van der Waals surface area contributed by atoms with Crippen molar-refractivity contribution >= 4 is 22.1 Å². The summed E-state index contributed by atoms with van der Waals surface area (Å²) >= 11 is 1.57. The van der Waals surface area contributed by atoms with E-state index in [0.717, 1.165) is 37.2 Å². The van der Waals surface area contributed by atoms with Crippen molar-refractivity contribution in [1.29, 1.82) is 0 Å². The number of ketones is 1. The fourth-order valence-corrected chi connectivity index (χ4v) is 3.89. The van der Waals surface area contributed by atoms with Crippen LogP contribution in [0.1, 0.15) is 33.3 Å². The predicted octanol–water partition coefficient (Wildman–Crippen LogP) is 2.94. The predicted molar refractivity (Wildman–Crippen MR) is 83.3 cm³/mol. The first-order chi connectivity index (χ1) is 9.70. The highest BCUT2D eigenvalue weighted by molar-refractivity contribution is 7.16. The van der Waals surface area contributed by atoms with Gasteiger partial charge in [-0.05, 0) is 18.5 Å². The zero-order chi connectivity index (χ0) is 14.1. The SMILES string of the molecule is CCN1CCc2c(sc(N)c2C(=O)c2ccccc2)C1. The quantitative estimate of drug-likeness (QED) is 0.882. The molecular weight excluding hydrogens is 268 g/mol. The molecule has 0 saturated carbocycles. The van der Waals surface area contributed by atoms with Gasteiger partial charge in [0.2, 0.25) is 0 Å². The number of rotatable bonds is 3. The monoisotopic (exact) mass is 286 g/mol. The molecule has 3 nitrogen and oxygen atoms in total. The third-order valence-corrected chi connectivity index (χ3v) is 4.92. The number of nitrogen functional groups attached to an aromatic ring is 1. The second-order valence-electron chi connectivity index (χ2n) is 5.06. The molecule has 0 aliphatic carbocycles. The molecule has 0 unspecified atom stereocenters. The Morgan fingerprint density at radius 2 is 2.10 bits per heavy atom. The fourth-order valence-electron chi connectivity index (χ4n) is 2.73. The van der Waals surface area contributed by atoms with E-state index >= 15 is 0 Å². The second kappa shape index (κ2) is 5.38. The minimum Gasteiger partial charge on any atom is -0.390 e. The molecule has 4 heteroatoms. The summed E-state index contributed by atoms with van der Waals surface area (Å²) in [5.41, 5.74) is 8.76. The molecule has 0 amide bonds. The summed E-state index contributed by atoms with van der Waals surface area (Å²) in [6.45, 7) is 5.13. The largest absolute Gasteiger partial charge is 0.390 e. The van der Waals surface area contributed by atoms with E-state index in [1.165, 1.54) is 10.4 Å². The number of fused-ring (bicyclic) bond motifs is 1. The topological polar surface area (TPSA) is 46.3 Å². The van der Waals surface area contributed by atoms with Crippen LogP contribution in [0.25, 0.3) is 0 Å². The lowest BCUT2D eigenvalue weighted by molar-refractivity contribution is 0.103. The van der Waals surface area contributed by atoms with Crippen LogP contribution in [0.4, 0.5) is 5.00 Å². The van der Waals surface area contributed by atoms with E-state index in [4.69, 9.17) is 5.73 Å². The average molecular weight is 286 g/mol. The molecule has 1 aliphatic heterocycles. The van der Waals surface area contributed by atoms with Gasteiger partial charge in [0.15, 0.2) is 5.78 Å². The number of benzene rings is 1. The van der Waals surface area contributed by atoms with Crippen LogP contribution in [0.5, 0.6) is 0 Å². The first-order valence-electron chi connectivity index (χ1n) is 6.92. The zero-order valence-corrected chi connectivity index (χ0v) is 12.4. The van der Waals surface area contributed by atoms with Gasteiger partial charge in [0, 0.05) is 23.5 Å². The normalized spacial score (nSPS) is 15.1. The first kappa shape index (κ1) is 13.3. The van der Waals surface area contributed by atoms with E-state index in [0.29, 0.717) is 5.00 Å². The van der Waals surface area contributed by atoms with Gasteiger partial charge in [-0.25, -0.2) is 0 Å². The van der Waals surface area contributed by atoms with Crippen molar-refractivity contribution in [3.63, 3.8) is 0 Å². The highest BCUT2D eigenvalue weighted by atomic mass is 32.1. The summed E-state index contributed by atoms with van der Waals surface area (Å²) < 4.78 is 0. The number of carbonyl (C=O) groups excluding carboxylic acids is 1. The highest BCUT2D eigenvalue weighted by Gasteiger charge is 2.26. The molecule has 2 heterocycles. The molecular formula is C16H18N2OS. The summed E-state index contributed by atoms with van der Waals surface area (Å²) in [5, 5.41) is 0.668. The van der Waals surface area contributed by atoms with Gasteiger partial charge in [-0.15, -0.1) is 11.3 Å². The molecule has 1 aromatic heterocycles. The Bertz CT molecular complexity index is 633. The summed E-state index contributed by atoms with van der Waals surface area (Å²) in [6.07, 6.45) is 0.921. The number of nitrogens with zero attached hydrogens (tertiary/aromatic N) is 1. The Morgan fingerprint density at radius 3 is 2.80 bits per heavy atom. The zero-order valence-electron chi connectivity index (χ0n) is 11.6. The number of anilines is 1. The van der Waals surface area contributed by atoms with Crippen LogP contribution in [0.15, 0.2) is 30.3 Å². The smallest absolute Gasteiger partial charge is 0.196 e. The van der Waals surface area contributed by atoms with Crippen molar-refractivity contribution in [2.75, 3.05) is 18.8 Å². The number of carbonyl (C=O) groups is 1. The summed E-state index contributed by atoms with van der Waals surface area (Å²) in [4.78, 5) is 16.3. The Balaban J connectivity index is 1.99. The lowest BCUT2D eigenvalue weighted by Gasteiger charge is -2.25. The van der Waals surface area contributed by atoms with E-state index in [2.05, 4.69) is 11.8 Å². The first-order valence-corrected chi connectivity index (χ1v) is 7.74. The number of hydrogen-bond acceptors (Lipinski definition) is 4. The molecule has 0 spiro atoms. The number of nitrogens with two attached hydrogens (primary N) is 1. The molecule has 0 saturated heterocycles. The van der Waals surface area contributed by atoms with Crippen LogP contribution in [0.2, 0.25) is 0 Å². The van der Waals surface area contributed by atoms with E-state index in [1.807, 2.05) is 30.3 Å². The third kappa shape index (κ3) is 2.25. The van der Waals surface area contributed by atoms with Gasteiger partial charge in [0.1, 0.15) is 0 Å². The van der Waals surface area contributed by atoms with Crippen LogP contribution < -0.4 is 5.73 Å². The van der Waals surface area contributed by atoms with Crippen molar-refractivity contribution < 1.29 is 4.79 Å².